The lowest BCUT2D eigenvalue weighted by Gasteiger charge is -2.16. The maximum Gasteiger partial charge on any atom is 0.340 e. The van der Waals surface area contributed by atoms with Crippen LogP contribution >= 0.6 is 0 Å². The Morgan fingerprint density at radius 2 is 2.14 bits per heavy atom. The van der Waals surface area contributed by atoms with Crippen LogP contribution in [0, 0.1) is 5.82 Å². The van der Waals surface area contributed by atoms with Gasteiger partial charge in [-0.25, -0.2) is 9.18 Å². The molecule has 0 unspecified atom stereocenters. The first-order chi connectivity index (χ1) is 10.1. The number of carbonyl (C=O) groups excluding carboxylic acids is 1. The molecule has 0 atom stereocenters. The van der Waals surface area contributed by atoms with Crippen LogP contribution in [0.15, 0.2) is 12.1 Å². The second-order valence-corrected chi connectivity index (χ2v) is 5.12. The lowest BCUT2D eigenvalue weighted by atomic mass is 10.1. The van der Waals surface area contributed by atoms with Crippen molar-refractivity contribution in [1.82, 2.24) is 4.90 Å². The molecule has 116 valence electrons. The Labute approximate surface area is 124 Å². The molecule has 0 saturated carbocycles. The molecule has 1 heterocycles. The Bertz CT molecular complexity index is 502. The molecule has 0 radical (unpaired) electrons. The van der Waals surface area contributed by atoms with Crippen LogP contribution in [-0.2, 0) is 4.74 Å². The predicted molar refractivity (Wildman–Crippen MR) is 80.9 cm³/mol. The maximum absolute atomic E-state index is 13.9. The molecule has 0 bridgehead atoms. The molecule has 1 fully saturated rings. The Hall–Kier alpha value is -1.82. The van der Waals surface area contributed by atoms with Gasteiger partial charge >= 0.3 is 5.97 Å². The monoisotopic (exact) mass is 295 g/mol. The highest BCUT2D eigenvalue weighted by Crippen LogP contribution is 2.23. The zero-order chi connectivity index (χ0) is 15.2. The van der Waals surface area contributed by atoms with Crippen molar-refractivity contribution in [2.45, 2.75) is 19.8 Å². The van der Waals surface area contributed by atoms with Crippen molar-refractivity contribution in [3.8, 4) is 0 Å². The average Bonchev–Trinajstić information content (AvgIpc) is 2.94. The highest BCUT2D eigenvalue weighted by atomic mass is 19.1. The number of nitrogens with one attached hydrogen (secondary N) is 1. The molecular formula is C15H22FN3O2. The molecule has 1 saturated heterocycles. The molecule has 0 spiro atoms. The van der Waals surface area contributed by atoms with Crippen LogP contribution in [0.1, 0.15) is 30.1 Å². The van der Waals surface area contributed by atoms with Crippen molar-refractivity contribution in [1.29, 1.82) is 0 Å². The number of rotatable bonds is 6. The number of halogens is 1. The van der Waals surface area contributed by atoms with Crippen molar-refractivity contribution in [3.05, 3.63) is 23.5 Å². The van der Waals surface area contributed by atoms with Gasteiger partial charge in [-0.2, -0.15) is 0 Å². The van der Waals surface area contributed by atoms with Gasteiger partial charge in [0.1, 0.15) is 5.82 Å². The van der Waals surface area contributed by atoms with Crippen molar-refractivity contribution in [2.24, 2.45) is 0 Å². The third kappa shape index (κ3) is 4.07. The first-order valence-electron chi connectivity index (χ1n) is 7.34. The zero-order valence-corrected chi connectivity index (χ0v) is 12.3. The molecule has 21 heavy (non-hydrogen) atoms. The normalized spacial score (nSPS) is 15.1. The van der Waals surface area contributed by atoms with Crippen LogP contribution in [0.25, 0.3) is 0 Å². The van der Waals surface area contributed by atoms with E-state index in [0.29, 0.717) is 6.54 Å². The van der Waals surface area contributed by atoms with Crippen LogP contribution in [0.2, 0.25) is 0 Å². The van der Waals surface area contributed by atoms with Crippen LogP contribution in [0.5, 0.6) is 0 Å². The van der Waals surface area contributed by atoms with Crippen molar-refractivity contribution in [2.75, 3.05) is 43.8 Å². The van der Waals surface area contributed by atoms with Gasteiger partial charge in [-0.1, -0.05) is 0 Å². The summed E-state index contributed by atoms with van der Waals surface area (Å²) < 4.78 is 18.8. The summed E-state index contributed by atoms with van der Waals surface area (Å²) in [4.78, 5) is 14.1. The first-order valence-corrected chi connectivity index (χ1v) is 7.34. The standard InChI is InChI=1S/C15H22FN3O2/c1-2-21-15(20)11-9-14(12(16)10-13(11)17)18-5-8-19-6-3-4-7-19/h9-10,18H,2-8,17H2,1H3. The zero-order valence-electron chi connectivity index (χ0n) is 12.3. The molecule has 0 aromatic heterocycles. The largest absolute Gasteiger partial charge is 0.462 e. The molecule has 0 aliphatic carbocycles. The summed E-state index contributed by atoms with van der Waals surface area (Å²) in [5, 5.41) is 3.02. The Morgan fingerprint density at radius 1 is 1.43 bits per heavy atom. The number of benzene rings is 1. The number of esters is 1. The molecule has 2 rings (SSSR count). The SMILES string of the molecule is CCOC(=O)c1cc(NCCN2CCCC2)c(F)cc1N. The van der Waals surface area contributed by atoms with E-state index in [-0.39, 0.29) is 23.5 Å². The molecule has 0 amide bonds. The van der Waals surface area contributed by atoms with E-state index in [1.54, 1.807) is 6.92 Å². The molecule has 1 aliphatic heterocycles. The first kappa shape index (κ1) is 15.6. The van der Waals surface area contributed by atoms with Gasteiger partial charge in [0.2, 0.25) is 0 Å². The van der Waals surface area contributed by atoms with E-state index < -0.39 is 11.8 Å². The Balaban J connectivity index is 2.00. The van der Waals surface area contributed by atoms with E-state index in [4.69, 9.17) is 10.5 Å². The minimum absolute atomic E-state index is 0.0936. The van der Waals surface area contributed by atoms with Crippen LogP contribution in [0.3, 0.4) is 0 Å². The van der Waals surface area contributed by atoms with Gasteiger partial charge in [-0.15, -0.1) is 0 Å². The smallest absolute Gasteiger partial charge is 0.340 e. The summed E-state index contributed by atoms with van der Waals surface area (Å²) in [7, 11) is 0. The number of nitrogens with two attached hydrogens (primary N) is 1. The lowest BCUT2D eigenvalue weighted by molar-refractivity contribution is 0.0527. The van der Waals surface area contributed by atoms with Crippen molar-refractivity contribution in [3.63, 3.8) is 0 Å². The number of ether oxygens (including phenoxy) is 1. The Kier molecular flexibility index (Phi) is 5.38. The van der Waals surface area contributed by atoms with Gasteiger partial charge in [0.15, 0.2) is 0 Å². The van der Waals surface area contributed by atoms with E-state index >= 15 is 0 Å². The average molecular weight is 295 g/mol. The maximum atomic E-state index is 13.9. The summed E-state index contributed by atoms with van der Waals surface area (Å²) in [6.07, 6.45) is 2.45. The van der Waals surface area contributed by atoms with Gasteiger partial charge < -0.3 is 20.7 Å². The molecule has 6 heteroatoms. The third-order valence-electron chi connectivity index (χ3n) is 3.58. The van der Waals surface area contributed by atoms with Crippen LogP contribution < -0.4 is 11.1 Å². The summed E-state index contributed by atoms with van der Waals surface area (Å²) >= 11 is 0. The second kappa shape index (κ2) is 7.26. The molecular weight excluding hydrogens is 273 g/mol. The fraction of sp³-hybridized carbons (Fsp3) is 0.533. The fourth-order valence-electron chi connectivity index (χ4n) is 2.46. The number of carbonyl (C=O) groups is 1. The summed E-state index contributed by atoms with van der Waals surface area (Å²) in [5.41, 5.74) is 6.25. The van der Waals surface area contributed by atoms with E-state index in [2.05, 4.69) is 10.2 Å². The number of anilines is 2. The molecule has 1 aliphatic rings. The number of nitrogens with zero attached hydrogens (tertiary/aromatic N) is 1. The van der Waals surface area contributed by atoms with Crippen LogP contribution in [0.4, 0.5) is 15.8 Å². The predicted octanol–water partition coefficient (Wildman–Crippen LogP) is 2.09. The molecule has 1 aromatic carbocycles. The van der Waals surface area contributed by atoms with Gasteiger partial charge in [-0.3, -0.25) is 0 Å². The highest BCUT2D eigenvalue weighted by Gasteiger charge is 2.16. The lowest BCUT2D eigenvalue weighted by Crippen LogP contribution is -2.26. The quantitative estimate of drug-likeness (QED) is 0.621. The van der Waals surface area contributed by atoms with Crippen molar-refractivity contribution >= 4 is 17.3 Å². The van der Waals surface area contributed by atoms with E-state index in [1.807, 2.05) is 0 Å². The number of nitrogen functional groups attached to an aromatic ring is 1. The second-order valence-electron chi connectivity index (χ2n) is 5.12. The van der Waals surface area contributed by atoms with E-state index in [9.17, 15) is 9.18 Å². The van der Waals surface area contributed by atoms with Crippen molar-refractivity contribution < 1.29 is 13.9 Å². The molecule has 3 N–H and O–H groups in total. The summed E-state index contributed by atoms with van der Waals surface area (Å²) in [6.45, 7) is 5.65. The molecule has 5 nitrogen and oxygen atoms in total. The fourth-order valence-corrected chi connectivity index (χ4v) is 2.46. The van der Waals surface area contributed by atoms with E-state index in [1.165, 1.54) is 18.9 Å². The number of likely N-dealkylation sites (tertiary alicyclic amines) is 1. The minimum atomic E-state index is -0.530. The van der Waals surface area contributed by atoms with Gasteiger partial charge in [0, 0.05) is 18.8 Å². The molecule has 1 aromatic rings. The highest BCUT2D eigenvalue weighted by molar-refractivity contribution is 5.96. The Morgan fingerprint density at radius 3 is 2.81 bits per heavy atom. The topological polar surface area (TPSA) is 67.6 Å². The summed E-state index contributed by atoms with van der Waals surface area (Å²) in [6, 6.07) is 2.58. The summed E-state index contributed by atoms with van der Waals surface area (Å²) in [5.74, 6) is -0.987. The number of hydrogen-bond acceptors (Lipinski definition) is 5. The minimum Gasteiger partial charge on any atom is -0.462 e. The van der Waals surface area contributed by atoms with Gasteiger partial charge in [-0.05, 0) is 45.0 Å². The van der Waals surface area contributed by atoms with Crippen LogP contribution in [-0.4, -0.2) is 43.7 Å². The van der Waals surface area contributed by atoms with Gasteiger partial charge in [0.25, 0.3) is 0 Å². The van der Waals surface area contributed by atoms with E-state index in [0.717, 1.165) is 25.7 Å². The third-order valence-corrected chi connectivity index (χ3v) is 3.58. The number of hydrogen-bond donors (Lipinski definition) is 2. The van der Waals surface area contributed by atoms with Gasteiger partial charge in [0.05, 0.1) is 17.9 Å².